The SMILES string of the molecule is CCN1c2cc(Cl)c(/C=C3/SC(=Nc4cccc(C)c4)NC3=O)cc2C(C)=CC1(C)C. The van der Waals surface area contributed by atoms with Gasteiger partial charge in [0.05, 0.1) is 16.1 Å². The second-order valence-corrected chi connectivity index (χ2v) is 9.87. The second kappa shape index (κ2) is 8.21. The van der Waals surface area contributed by atoms with Crippen molar-refractivity contribution in [3.8, 4) is 0 Å². The molecule has 4 nitrogen and oxygen atoms in total. The van der Waals surface area contributed by atoms with E-state index in [0.29, 0.717) is 15.1 Å². The zero-order valence-electron chi connectivity index (χ0n) is 18.4. The van der Waals surface area contributed by atoms with Crippen LogP contribution in [-0.4, -0.2) is 23.2 Å². The number of hydrogen-bond acceptors (Lipinski definition) is 4. The van der Waals surface area contributed by atoms with Crippen molar-refractivity contribution in [2.75, 3.05) is 11.4 Å². The van der Waals surface area contributed by atoms with Gasteiger partial charge in [-0.05, 0) is 93.4 Å². The molecule has 4 rings (SSSR count). The number of fused-ring (bicyclic) bond motifs is 1. The van der Waals surface area contributed by atoms with Crippen LogP contribution in [0.4, 0.5) is 11.4 Å². The molecule has 2 aliphatic rings. The van der Waals surface area contributed by atoms with Crippen LogP contribution in [0.1, 0.15) is 44.4 Å². The summed E-state index contributed by atoms with van der Waals surface area (Å²) in [5.74, 6) is -0.159. The van der Waals surface area contributed by atoms with E-state index in [2.05, 4.69) is 55.0 Å². The fraction of sp³-hybridized carbons (Fsp3) is 0.280. The van der Waals surface area contributed by atoms with Crippen molar-refractivity contribution in [2.45, 2.75) is 40.2 Å². The Morgan fingerprint density at radius 3 is 2.71 bits per heavy atom. The molecule has 6 heteroatoms. The molecule has 1 fully saturated rings. The maximum Gasteiger partial charge on any atom is 0.264 e. The first-order valence-corrected chi connectivity index (χ1v) is 11.5. The van der Waals surface area contributed by atoms with Gasteiger partial charge in [-0.25, -0.2) is 4.99 Å². The van der Waals surface area contributed by atoms with E-state index in [9.17, 15) is 4.79 Å². The zero-order valence-corrected chi connectivity index (χ0v) is 20.0. The maximum absolute atomic E-state index is 12.6. The highest BCUT2D eigenvalue weighted by Gasteiger charge is 2.31. The van der Waals surface area contributed by atoms with Gasteiger partial charge in [-0.2, -0.15) is 0 Å². The molecule has 1 N–H and O–H groups in total. The third-order valence-electron chi connectivity index (χ3n) is 5.58. The molecule has 0 spiro atoms. The molecule has 2 aromatic carbocycles. The van der Waals surface area contributed by atoms with Crippen LogP contribution in [0.15, 0.2) is 52.4 Å². The lowest BCUT2D eigenvalue weighted by Crippen LogP contribution is -2.44. The Morgan fingerprint density at radius 2 is 2.00 bits per heavy atom. The van der Waals surface area contributed by atoms with Crippen molar-refractivity contribution in [1.29, 1.82) is 0 Å². The number of carbonyl (C=O) groups excluding carboxylic acids is 1. The molecular formula is C25H26ClN3OS. The van der Waals surface area contributed by atoms with Gasteiger partial charge in [-0.1, -0.05) is 29.8 Å². The van der Waals surface area contributed by atoms with E-state index in [1.807, 2.05) is 43.3 Å². The quantitative estimate of drug-likeness (QED) is 0.537. The molecular weight excluding hydrogens is 426 g/mol. The number of hydrogen-bond donors (Lipinski definition) is 1. The number of rotatable bonds is 3. The second-order valence-electron chi connectivity index (χ2n) is 8.44. The Labute approximate surface area is 193 Å². The average molecular weight is 452 g/mol. The van der Waals surface area contributed by atoms with Gasteiger partial charge in [0.2, 0.25) is 0 Å². The number of amidine groups is 1. The minimum Gasteiger partial charge on any atom is -0.363 e. The van der Waals surface area contributed by atoms with Crippen LogP contribution in [0.5, 0.6) is 0 Å². The monoisotopic (exact) mass is 451 g/mol. The number of aliphatic imine (C=N–C) groups is 1. The predicted octanol–water partition coefficient (Wildman–Crippen LogP) is 6.56. The largest absolute Gasteiger partial charge is 0.363 e. The molecule has 1 amide bonds. The third kappa shape index (κ3) is 4.30. The summed E-state index contributed by atoms with van der Waals surface area (Å²) in [4.78, 5) is 20.0. The molecule has 0 aliphatic carbocycles. The highest BCUT2D eigenvalue weighted by Crippen LogP contribution is 2.42. The molecule has 0 bridgehead atoms. The number of halogens is 1. The van der Waals surface area contributed by atoms with Gasteiger partial charge in [0, 0.05) is 22.8 Å². The highest BCUT2D eigenvalue weighted by atomic mass is 35.5. The van der Waals surface area contributed by atoms with Crippen molar-refractivity contribution < 1.29 is 4.79 Å². The van der Waals surface area contributed by atoms with Gasteiger partial charge in [-0.3, -0.25) is 4.79 Å². The molecule has 2 aliphatic heterocycles. The first-order chi connectivity index (χ1) is 14.7. The number of benzene rings is 2. The van der Waals surface area contributed by atoms with Gasteiger partial charge in [0.1, 0.15) is 0 Å². The van der Waals surface area contributed by atoms with E-state index in [1.54, 1.807) is 0 Å². The standard InChI is InChI=1S/C25H26ClN3OS/c1-6-29-21-13-20(26)17(11-19(21)16(3)14-25(29,4)5)12-22-23(30)28-24(31-22)27-18-9-7-8-15(2)10-18/h7-14H,6H2,1-5H3,(H,27,28,30)/b22-12+. The molecule has 0 atom stereocenters. The molecule has 0 saturated carbocycles. The van der Waals surface area contributed by atoms with Crippen molar-refractivity contribution in [3.63, 3.8) is 0 Å². The Morgan fingerprint density at radius 1 is 1.23 bits per heavy atom. The van der Waals surface area contributed by atoms with Crippen LogP contribution < -0.4 is 10.2 Å². The highest BCUT2D eigenvalue weighted by molar-refractivity contribution is 8.18. The Hall–Kier alpha value is -2.50. The number of thioether (sulfide) groups is 1. The predicted molar refractivity (Wildman–Crippen MR) is 134 cm³/mol. The van der Waals surface area contributed by atoms with Crippen LogP contribution in [-0.2, 0) is 4.79 Å². The Balaban J connectivity index is 1.68. The normalized spacial score (nSPS) is 20.1. The van der Waals surface area contributed by atoms with Gasteiger partial charge >= 0.3 is 0 Å². The Bertz CT molecular complexity index is 1160. The molecule has 0 aromatic heterocycles. The van der Waals surface area contributed by atoms with E-state index >= 15 is 0 Å². The summed E-state index contributed by atoms with van der Waals surface area (Å²) in [7, 11) is 0. The van der Waals surface area contributed by atoms with Crippen LogP contribution in [0.25, 0.3) is 11.6 Å². The van der Waals surface area contributed by atoms with Crippen molar-refractivity contribution in [1.82, 2.24) is 5.32 Å². The van der Waals surface area contributed by atoms with E-state index in [1.165, 1.54) is 17.3 Å². The molecule has 2 heterocycles. The number of nitrogens with one attached hydrogen (secondary N) is 1. The van der Waals surface area contributed by atoms with Crippen LogP contribution in [0.2, 0.25) is 5.02 Å². The van der Waals surface area contributed by atoms with E-state index in [0.717, 1.165) is 34.6 Å². The number of aryl methyl sites for hydroxylation is 1. The first kappa shape index (κ1) is 21.7. The smallest absolute Gasteiger partial charge is 0.264 e. The molecule has 1 saturated heterocycles. The summed E-state index contributed by atoms with van der Waals surface area (Å²) < 4.78 is 0. The number of anilines is 1. The first-order valence-electron chi connectivity index (χ1n) is 10.3. The molecule has 0 unspecified atom stereocenters. The van der Waals surface area contributed by atoms with Gasteiger partial charge in [0.15, 0.2) is 5.17 Å². The molecule has 2 aromatic rings. The summed E-state index contributed by atoms with van der Waals surface area (Å²) in [6.45, 7) is 11.6. The minimum absolute atomic E-state index is 0.0719. The average Bonchev–Trinajstić information content (AvgIpc) is 3.01. The number of nitrogens with zero attached hydrogens (tertiary/aromatic N) is 2. The zero-order chi connectivity index (χ0) is 22.3. The maximum atomic E-state index is 12.6. The number of likely N-dealkylation sites (N-methyl/N-ethyl adjacent to an activating group) is 1. The fourth-order valence-corrected chi connectivity index (χ4v) is 5.28. The number of allylic oxidation sites excluding steroid dienone is 1. The molecule has 31 heavy (non-hydrogen) atoms. The van der Waals surface area contributed by atoms with Crippen LogP contribution in [0.3, 0.4) is 0 Å². The van der Waals surface area contributed by atoms with Gasteiger partial charge < -0.3 is 10.2 Å². The van der Waals surface area contributed by atoms with E-state index < -0.39 is 0 Å². The van der Waals surface area contributed by atoms with Crippen molar-refractivity contribution in [2.24, 2.45) is 4.99 Å². The number of carbonyl (C=O) groups is 1. The summed E-state index contributed by atoms with van der Waals surface area (Å²) in [5.41, 5.74) is 6.20. The lowest BCUT2D eigenvalue weighted by molar-refractivity contribution is -0.115. The van der Waals surface area contributed by atoms with Crippen molar-refractivity contribution in [3.05, 3.63) is 69.1 Å². The summed E-state index contributed by atoms with van der Waals surface area (Å²) in [6, 6.07) is 12.0. The summed E-state index contributed by atoms with van der Waals surface area (Å²) >= 11 is 8.00. The van der Waals surface area contributed by atoms with Crippen molar-refractivity contribution >= 4 is 57.5 Å². The van der Waals surface area contributed by atoms with Gasteiger partial charge in [0.25, 0.3) is 5.91 Å². The van der Waals surface area contributed by atoms with Crippen LogP contribution in [0, 0.1) is 6.92 Å². The van der Waals surface area contributed by atoms with Gasteiger partial charge in [-0.15, -0.1) is 0 Å². The number of amides is 1. The lowest BCUT2D eigenvalue weighted by Gasteiger charge is -2.43. The third-order valence-corrected chi connectivity index (χ3v) is 6.82. The minimum atomic E-state index is -0.159. The Kier molecular flexibility index (Phi) is 5.75. The summed E-state index contributed by atoms with van der Waals surface area (Å²) in [6.07, 6.45) is 4.14. The molecule has 160 valence electrons. The molecule has 0 radical (unpaired) electrons. The fourth-order valence-electron chi connectivity index (χ4n) is 4.24. The topological polar surface area (TPSA) is 44.7 Å². The lowest BCUT2D eigenvalue weighted by atomic mass is 9.88. The van der Waals surface area contributed by atoms with E-state index in [-0.39, 0.29) is 11.4 Å². The van der Waals surface area contributed by atoms with Crippen LogP contribution >= 0.6 is 23.4 Å². The van der Waals surface area contributed by atoms with E-state index in [4.69, 9.17) is 11.6 Å². The summed E-state index contributed by atoms with van der Waals surface area (Å²) in [5, 5.41) is 4.06.